The number of rotatable bonds is 6. The molecule has 1 aromatic carbocycles. The van der Waals surface area contributed by atoms with Crippen molar-refractivity contribution in [2.45, 2.75) is 51.5 Å². The van der Waals surface area contributed by atoms with Gasteiger partial charge in [-0.25, -0.2) is 9.97 Å². The smallest absolute Gasteiger partial charge is 0.223 e. The Hall–Kier alpha value is -2.47. The number of nitrogens with one attached hydrogen (secondary N) is 1. The Morgan fingerprint density at radius 1 is 1.31 bits per heavy atom. The van der Waals surface area contributed by atoms with Gasteiger partial charge in [0.15, 0.2) is 0 Å². The van der Waals surface area contributed by atoms with Crippen LogP contribution in [0.25, 0.3) is 0 Å². The van der Waals surface area contributed by atoms with Gasteiger partial charge in [0, 0.05) is 50.2 Å². The van der Waals surface area contributed by atoms with Crippen LogP contribution >= 0.6 is 0 Å². The summed E-state index contributed by atoms with van der Waals surface area (Å²) in [5.41, 5.74) is 3.38. The zero-order valence-electron chi connectivity index (χ0n) is 17.2. The Labute approximate surface area is 172 Å². The van der Waals surface area contributed by atoms with Gasteiger partial charge in [-0.2, -0.15) is 0 Å². The first-order valence-electron chi connectivity index (χ1n) is 10.8. The zero-order chi connectivity index (χ0) is 20.1. The van der Waals surface area contributed by atoms with Gasteiger partial charge >= 0.3 is 0 Å². The summed E-state index contributed by atoms with van der Waals surface area (Å²) in [7, 11) is 0. The molecule has 1 atom stereocenters. The molecule has 2 aliphatic heterocycles. The number of carbonyl (C=O) groups excluding carboxylic acids is 1. The highest BCUT2D eigenvalue weighted by Crippen LogP contribution is 2.24. The minimum absolute atomic E-state index is 0.199. The van der Waals surface area contributed by atoms with Crippen molar-refractivity contribution in [3.63, 3.8) is 0 Å². The maximum atomic E-state index is 12.7. The lowest BCUT2D eigenvalue weighted by Gasteiger charge is -2.29. The van der Waals surface area contributed by atoms with Crippen molar-refractivity contribution >= 4 is 5.91 Å². The van der Waals surface area contributed by atoms with Crippen LogP contribution in [0.1, 0.15) is 54.7 Å². The number of amides is 1. The first kappa shape index (κ1) is 19.8. The van der Waals surface area contributed by atoms with Gasteiger partial charge in [-0.05, 0) is 50.4 Å². The highest BCUT2D eigenvalue weighted by molar-refractivity contribution is 5.76. The fraction of sp³-hybridized carbons (Fsp3) is 0.522. The number of ether oxygens (including phenoxy) is 1. The lowest BCUT2D eigenvalue weighted by atomic mass is 9.98. The van der Waals surface area contributed by atoms with E-state index in [0.29, 0.717) is 25.5 Å². The van der Waals surface area contributed by atoms with Crippen molar-refractivity contribution in [3.8, 4) is 5.75 Å². The van der Waals surface area contributed by atoms with Crippen LogP contribution in [0.5, 0.6) is 5.75 Å². The van der Waals surface area contributed by atoms with Gasteiger partial charge in [0.05, 0.1) is 12.3 Å². The Morgan fingerprint density at radius 2 is 2.17 bits per heavy atom. The Bertz CT molecular complexity index is 831. The fourth-order valence-electron chi connectivity index (χ4n) is 4.14. The highest BCUT2D eigenvalue weighted by atomic mass is 16.5. The van der Waals surface area contributed by atoms with Crippen molar-refractivity contribution < 1.29 is 9.53 Å². The average Bonchev–Trinajstić information content (AvgIpc) is 2.78. The molecule has 0 spiro atoms. The SMILES string of the molecule is CCOc1ccc(CCC(=O)N2CCc3nc(C4CCCNC4)ncc3C2)cc1. The summed E-state index contributed by atoms with van der Waals surface area (Å²) in [6.45, 7) is 6.07. The molecule has 1 unspecified atom stereocenters. The van der Waals surface area contributed by atoms with Gasteiger partial charge in [-0.1, -0.05) is 12.1 Å². The minimum atomic E-state index is 0.199. The molecule has 1 aromatic heterocycles. The summed E-state index contributed by atoms with van der Waals surface area (Å²) in [6.07, 6.45) is 6.37. The van der Waals surface area contributed by atoms with Crippen LogP contribution in [0, 0.1) is 0 Å². The molecule has 1 fully saturated rings. The molecule has 2 aliphatic rings. The maximum absolute atomic E-state index is 12.7. The first-order valence-corrected chi connectivity index (χ1v) is 10.8. The number of piperidine rings is 1. The van der Waals surface area contributed by atoms with E-state index in [-0.39, 0.29) is 5.91 Å². The molecular weight excluding hydrogens is 364 g/mol. The van der Waals surface area contributed by atoms with Gasteiger partial charge in [0.2, 0.25) is 5.91 Å². The van der Waals surface area contributed by atoms with Gasteiger partial charge in [0.1, 0.15) is 11.6 Å². The molecule has 1 N–H and O–H groups in total. The third-order valence-electron chi connectivity index (χ3n) is 5.83. The molecule has 2 aromatic rings. The standard InChI is InChI=1S/C23H30N4O2/c1-2-29-20-8-5-17(6-9-20)7-10-22(28)27-13-11-21-19(16-27)15-25-23(26-21)18-4-3-12-24-14-18/h5-6,8-9,15,18,24H,2-4,7,10-14,16H2,1H3. The third kappa shape index (κ3) is 4.93. The topological polar surface area (TPSA) is 67.3 Å². The van der Waals surface area contributed by atoms with E-state index in [9.17, 15) is 4.79 Å². The summed E-state index contributed by atoms with van der Waals surface area (Å²) in [5, 5.41) is 3.43. The van der Waals surface area contributed by atoms with Crippen LogP contribution in [-0.2, 0) is 24.2 Å². The van der Waals surface area contributed by atoms with E-state index in [0.717, 1.165) is 67.3 Å². The van der Waals surface area contributed by atoms with E-state index in [1.807, 2.05) is 42.3 Å². The van der Waals surface area contributed by atoms with Crippen molar-refractivity contribution in [2.75, 3.05) is 26.2 Å². The molecule has 154 valence electrons. The number of aryl methyl sites for hydroxylation is 1. The van der Waals surface area contributed by atoms with E-state index in [1.165, 1.54) is 6.42 Å². The second-order valence-corrected chi connectivity index (χ2v) is 7.89. The fourth-order valence-corrected chi connectivity index (χ4v) is 4.14. The van der Waals surface area contributed by atoms with E-state index in [2.05, 4.69) is 10.3 Å². The van der Waals surface area contributed by atoms with E-state index < -0.39 is 0 Å². The van der Waals surface area contributed by atoms with Gasteiger partial charge in [0.25, 0.3) is 0 Å². The van der Waals surface area contributed by atoms with Crippen molar-refractivity contribution in [2.24, 2.45) is 0 Å². The zero-order valence-corrected chi connectivity index (χ0v) is 17.2. The van der Waals surface area contributed by atoms with Crippen LogP contribution in [0.3, 0.4) is 0 Å². The van der Waals surface area contributed by atoms with E-state index in [4.69, 9.17) is 9.72 Å². The first-order chi connectivity index (χ1) is 14.2. The highest BCUT2D eigenvalue weighted by Gasteiger charge is 2.24. The molecule has 0 aliphatic carbocycles. The predicted octanol–water partition coefficient (Wildman–Crippen LogP) is 2.86. The maximum Gasteiger partial charge on any atom is 0.223 e. The van der Waals surface area contributed by atoms with Gasteiger partial charge < -0.3 is 15.0 Å². The molecule has 1 amide bonds. The van der Waals surface area contributed by atoms with E-state index >= 15 is 0 Å². The number of hydrogen-bond donors (Lipinski definition) is 1. The summed E-state index contributed by atoms with van der Waals surface area (Å²) in [4.78, 5) is 24.1. The molecular formula is C23H30N4O2. The van der Waals surface area contributed by atoms with Crippen LogP contribution in [0.4, 0.5) is 0 Å². The predicted molar refractivity (Wildman–Crippen MR) is 112 cm³/mol. The summed E-state index contributed by atoms with van der Waals surface area (Å²) < 4.78 is 5.47. The number of fused-ring (bicyclic) bond motifs is 1. The van der Waals surface area contributed by atoms with Crippen molar-refractivity contribution in [1.29, 1.82) is 0 Å². The number of nitrogens with zero attached hydrogens (tertiary/aromatic N) is 3. The molecule has 0 bridgehead atoms. The molecule has 6 nitrogen and oxygen atoms in total. The molecule has 0 radical (unpaired) electrons. The van der Waals surface area contributed by atoms with Gasteiger partial charge in [-0.3, -0.25) is 4.79 Å². The second-order valence-electron chi connectivity index (χ2n) is 7.89. The Kier molecular flexibility index (Phi) is 6.39. The van der Waals surface area contributed by atoms with Crippen molar-refractivity contribution in [1.82, 2.24) is 20.2 Å². The molecule has 6 heteroatoms. The summed E-state index contributed by atoms with van der Waals surface area (Å²) in [5.74, 6) is 2.46. The monoisotopic (exact) mass is 394 g/mol. The molecule has 1 saturated heterocycles. The Balaban J connectivity index is 1.32. The number of carbonyl (C=O) groups is 1. The normalized spacial score (nSPS) is 18.9. The number of benzene rings is 1. The molecule has 0 saturated carbocycles. The van der Waals surface area contributed by atoms with Crippen LogP contribution in [-0.4, -0.2) is 47.0 Å². The van der Waals surface area contributed by atoms with E-state index in [1.54, 1.807) is 0 Å². The summed E-state index contributed by atoms with van der Waals surface area (Å²) >= 11 is 0. The third-order valence-corrected chi connectivity index (χ3v) is 5.83. The van der Waals surface area contributed by atoms with Crippen LogP contribution in [0.15, 0.2) is 30.5 Å². The number of aromatic nitrogens is 2. The summed E-state index contributed by atoms with van der Waals surface area (Å²) in [6, 6.07) is 8.02. The molecule has 3 heterocycles. The molecule has 29 heavy (non-hydrogen) atoms. The van der Waals surface area contributed by atoms with Crippen LogP contribution in [0.2, 0.25) is 0 Å². The lowest BCUT2D eigenvalue weighted by Crippen LogP contribution is -2.37. The van der Waals surface area contributed by atoms with Crippen molar-refractivity contribution in [3.05, 3.63) is 53.1 Å². The van der Waals surface area contributed by atoms with Crippen LogP contribution < -0.4 is 10.1 Å². The number of hydrogen-bond acceptors (Lipinski definition) is 5. The largest absolute Gasteiger partial charge is 0.494 e. The lowest BCUT2D eigenvalue weighted by molar-refractivity contribution is -0.132. The quantitative estimate of drug-likeness (QED) is 0.816. The Morgan fingerprint density at radius 3 is 2.93 bits per heavy atom. The average molecular weight is 395 g/mol. The van der Waals surface area contributed by atoms with Gasteiger partial charge in [-0.15, -0.1) is 0 Å². The second kappa shape index (κ2) is 9.35. The molecule has 4 rings (SSSR count). The minimum Gasteiger partial charge on any atom is -0.494 e.